The summed E-state index contributed by atoms with van der Waals surface area (Å²) < 4.78 is 5.36. The molecule has 0 heterocycles. The second-order valence-electron chi connectivity index (χ2n) is 3.51. The first kappa shape index (κ1) is 13.7. The van der Waals surface area contributed by atoms with Gasteiger partial charge in [-0.1, -0.05) is 11.6 Å². The monoisotopic (exact) mass is 259 g/mol. The van der Waals surface area contributed by atoms with E-state index in [9.17, 15) is 0 Å². The molecule has 4 heteroatoms. The van der Waals surface area contributed by atoms with Crippen LogP contribution in [0.2, 0.25) is 5.02 Å². The third-order valence-electron chi connectivity index (χ3n) is 2.53. The highest BCUT2D eigenvalue weighted by atomic mass is 35.5. The molecule has 1 unspecified atom stereocenters. The Hall–Kier alpha value is -0.380. The van der Waals surface area contributed by atoms with Gasteiger partial charge in [-0.2, -0.15) is 11.8 Å². The van der Waals surface area contributed by atoms with Gasteiger partial charge in [-0.15, -0.1) is 0 Å². The topological polar surface area (TPSA) is 21.3 Å². The number of ether oxygens (including phenoxy) is 1. The van der Waals surface area contributed by atoms with Crippen molar-refractivity contribution in [3.8, 4) is 5.75 Å². The Morgan fingerprint density at radius 1 is 1.50 bits per heavy atom. The molecule has 1 aromatic rings. The first-order valence-electron chi connectivity index (χ1n) is 5.22. The predicted molar refractivity (Wildman–Crippen MR) is 72.8 cm³/mol. The molecule has 0 aliphatic heterocycles. The largest absolute Gasteiger partial charge is 0.496 e. The average molecular weight is 260 g/mol. The van der Waals surface area contributed by atoms with Gasteiger partial charge in [0.05, 0.1) is 7.11 Å². The first-order valence-corrected chi connectivity index (χ1v) is 6.99. The lowest BCUT2D eigenvalue weighted by atomic mass is 10.0. The van der Waals surface area contributed by atoms with E-state index in [1.54, 1.807) is 7.11 Å². The van der Waals surface area contributed by atoms with Gasteiger partial charge in [0.1, 0.15) is 5.75 Å². The van der Waals surface area contributed by atoms with Crippen molar-refractivity contribution in [2.24, 2.45) is 0 Å². The summed E-state index contributed by atoms with van der Waals surface area (Å²) in [6.45, 7) is 0. The number of rotatable bonds is 6. The molecule has 2 nitrogen and oxygen atoms in total. The highest BCUT2D eigenvalue weighted by Crippen LogP contribution is 2.30. The first-order chi connectivity index (χ1) is 7.72. The molecule has 0 fully saturated rings. The molecule has 1 aromatic carbocycles. The van der Waals surface area contributed by atoms with Crippen molar-refractivity contribution in [3.05, 3.63) is 28.8 Å². The van der Waals surface area contributed by atoms with E-state index >= 15 is 0 Å². The van der Waals surface area contributed by atoms with Crippen LogP contribution >= 0.6 is 23.4 Å². The van der Waals surface area contributed by atoms with Crippen LogP contribution in [-0.4, -0.2) is 26.2 Å². The molecule has 0 aromatic heterocycles. The van der Waals surface area contributed by atoms with Crippen molar-refractivity contribution >= 4 is 23.4 Å². The van der Waals surface area contributed by atoms with E-state index < -0.39 is 0 Å². The standard InChI is InChI=1S/C12H18ClNOS/c1-14-11(6-7-16-3)10-8-9(13)4-5-12(10)15-2/h4-5,8,11,14H,6-7H2,1-3H3. The van der Waals surface area contributed by atoms with E-state index in [1.165, 1.54) is 0 Å². The maximum atomic E-state index is 6.02. The summed E-state index contributed by atoms with van der Waals surface area (Å²) in [7, 11) is 3.65. The van der Waals surface area contributed by atoms with E-state index in [0.717, 1.165) is 28.5 Å². The van der Waals surface area contributed by atoms with Gasteiger partial charge in [-0.3, -0.25) is 0 Å². The minimum atomic E-state index is 0.293. The van der Waals surface area contributed by atoms with Crippen molar-refractivity contribution < 1.29 is 4.74 Å². The third kappa shape index (κ3) is 3.58. The van der Waals surface area contributed by atoms with Crippen molar-refractivity contribution in [2.45, 2.75) is 12.5 Å². The summed E-state index contributed by atoms with van der Waals surface area (Å²) in [5, 5.41) is 4.05. The second-order valence-corrected chi connectivity index (χ2v) is 4.93. The number of nitrogens with one attached hydrogen (secondary N) is 1. The van der Waals surface area contributed by atoms with Gasteiger partial charge < -0.3 is 10.1 Å². The third-order valence-corrected chi connectivity index (χ3v) is 3.41. The summed E-state index contributed by atoms with van der Waals surface area (Å²) in [4.78, 5) is 0. The highest BCUT2D eigenvalue weighted by molar-refractivity contribution is 7.98. The molecular formula is C12H18ClNOS. The minimum Gasteiger partial charge on any atom is -0.496 e. The van der Waals surface area contributed by atoms with Gasteiger partial charge in [-0.25, -0.2) is 0 Å². The molecule has 1 atom stereocenters. The lowest BCUT2D eigenvalue weighted by molar-refractivity contribution is 0.400. The molecule has 0 saturated heterocycles. The second kappa shape index (κ2) is 7.05. The summed E-state index contributed by atoms with van der Waals surface area (Å²) >= 11 is 7.86. The fraction of sp³-hybridized carbons (Fsp3) is 0.500. The molecule has 0 amide bonds. The van der Waals surface area contributed by atoms with Gasteiger partial charge >= 0.3 is 0 Å². The molecule has 1 N–H and O–H groups in total. The van der Waals surface area contributed by atoms with Gasteiger partial charge in [0.25, 0.3) is 0 Å². The average Bonchev–Trinajstić information content (AvgIpc) is 2.30. The highest BCUT2D eigenvalue weighted by Gasteiger charge is 2.14. The van der Waals surface area contributed by atoms with E-state index in [1.807, 2.05) is 37.0 Å². The summed E-state index contributed by atoms with van der Waals surface area (Å²) in [5.41, 5.74) is 1.13. The zero-order chi connectivity index (χ0) is 12.0. The predicted octanol–water partition coefficient (Wildman–Crippen LogP) is 3.36. The van der Waals surface area contributed by atoms with Crippen LogP contribution in [-0.2, 0) is 0 Å². The van der Waals surface area contributed by atoms with Gasteiger partial charge in [0.2, 0.25) is 0 Å². The molecule has 0 radical (unpaired) electrons. The minimum absolute atomic E-state index is 0.293. The summed E-state index contributed by atoms with van der Waals surface area (Å²) in [6.07, 6.45) is 3.18. The molecule has 90 valence electrons. The Kier molecular flexibility index (Phi) is 6.03. The molecule has 0 aliphatic rings. The molecular weight excluding hydrogens is 242 g/mol. The van der Waals surface area contributed by atoms with Crippen molar-refractivity contribution in [1.82, 2.24) is 5.32 Å². The maximum absolute atomic E-state index is 6.02. The SMILES string of the molecule is CNC(CCSC)c1cc(Cl)ccc1OC. The van der Waals surface area contributed by atoms with Crippen molar-refractivity contribution in [2.75, 3.05) is 26.2 Å². The van der Waals surface area contributed by atoms with Crippen molar-refractivity contribution in [3.63, 3.8) is 0 Å². The fourth-order valence-electron chi connectivity index (χ4n) is 1.67. The summed E-state index contributed by atoms with van der Waals surface area (Å²) in [6, 6.07) is 6.04. The Balaban J connectivity index is 2.92. The van der Waals surface area contributed by atoms with Crippen molar-refractivity contribution in [1.29, 1.82) is 0 Å². The van der Waals surface area contributed by atoms with Crippen LogP contribution in [0.5, 0.6) is 5.75 Å². The van der Waals surface area contributed by atoms with Crippen LogP contribution in [0.4, 0.5) is 0 Å². The number of thioether (sulfide) groups is 1. The van der Waals surface area contributed by atoms with Gasteiger partial charge in [-0.05, 0) is 43.7 Å². The zero-order valence-corrected chi connectivity index (χ0v) is 11.5. The fourth-order valence-corrected chi connectivity index (χ4v) is 2.32. The molecule has 16 heavy (non-hydrogen) atoms. The quantitative estimate of drug-likeness (QED) is 0.847. The van der Waals surface area contributed by atoms with Crippen LogP contribution in [0, 0.1) is 0 Å². The molecule has 0 saturated carbocycles. The smallest absolute Gasteiger partial charge is 0.123 e. The van der Waals surface area contributed by atoms with Gasteiger partial charge in [0.15, 0.2) is 0 Å². The lowest BCUT2D eigenvalue weighted by Gasteiger charge is -2.19. The Bertz CT molecular complexity index is 333. The van der Waals surface area contributed by atoms with E-state index in [2.05, 4.69) is 11.6 Å². The van der Waals surface area contributed by atoms with Crippen LogP contribution in [0.1, 0.15) is 18.0 Å². The maximum Gasteiger partial charge on any atom is 0.123 e. The molecule has 0 bridgehead atoms. The van der Waals surface area contributed by atoms with Crippen LogP contribution < -0.4 is 10.1 Å². The number of hydrogen-bond donors (Lipinski definition) is 1. The molecule has 0 spiro atoms. The van der Waals surface area contributed by atoms with Crippen LogP contribution in [0.3, 0.4) is 0 Å². The number of benzene rings is 1. The van der Waals surface area contributed by atoms with Gasteiger partial charge in [0, 0.05) is 16.6 Å². The Labute approximate surface area is 107 Å². The van der Waals surface area contributed by atoms with Crippen LogP contribution in [0.25, 0.3) is 0 Å². The van der Waals surface area contributed by atoms with E-state index in [0.29, 0.717) is 6.04 Å². The normalized spacial score (nSPS) is 12.5. The summed E-state index contributed by atoms with van der Waals surface area (Å²) in [5.74, 6) is 2.01. The number of methoxy groups -OCH3 is 1. The number of hydrogen-bond acceptors (Lipinski definition) is 3. The Morgan fingerprint density at radius 3 is 2.81 bits per heavy atom. The van der Waals surface area contributed by atoms with E-state index in [-0.39, 0.29) is 0 Å². The van der Waals surface area contributed by atoms with Crippen LogP contribution in [0.15, 0.2) is 18.2 Å². The molecule has 0 aliphatic carbocycles. The Morgan fingerprint density at radius 2 is 2.25 bits per heavy atom. The zero-order valence-electron chi connectivity index (χ0n) is 9.92. The van der Waals surface area contributed by atoms with E-state index in [4.69, 9.17) is 16.3 Å². The number of halogens is 1. The lowest BCUT2D eigenvalue weighted by Crippen LogP contribution is -2.18. The molecule has 1 rings (SSSR count).